The number of amides is 1. The van der Waals surface area contributed by atoms with Crippen molar-refractivity contribution in [3.05, 3.63) is 0 Å². The molecule has 0 spiro atoms. The molecule has 98 valence electrons. The van der Waals surface area contributed by atoms with Crippen LogP contribution in [0.3, 0.4) is 0 Å². The molecule has 1 aliphatic heterocycles. The van der Waals surface area contributed by atoms with Crippen molar-refractivity contribution in [1.29, 1.82) is 0 Å². The van der Waals surface area contributed by atoms with E-state index < -0.39 is 40.4 Å². The minimum absolute atomic E-state index is 0.0464. The number of hydrogen-bond donors (Lipinski definition) is 2. The number of carbonyl (C=O) groups excluding carboxylic acids is 1. The van der Waals surface area contributed by atoms with Crippen LogP contribution in [0.1, 0.15) is 6.42 Å². The number of nitrogens with one attached hydrogen (secondary N) is 1. The van der Waals surface area contributed by atoms with E-state index in [1.807, 2.05) is 0 Å². The van der Waals surface area contributed by atoms with Gasteiger partial charge in [-0.2, -0.15) is 13.2 Å². The first kappa shape index (κ1) is 14.1. The van der Waals surface area contributed by atoms with Crippen LogP contribution in [0.2, 0.25) is 0 Å². The number of thioether (sulfide) groups is 1. The summed E-state index contributed by atoms with van der Waals surface area (Å²) in [6.07, 6.45) is 0.0464. The predicted octanol–water partition coefficient (Wildman–Crippen LogP) is 0.599. The molecule has 1 unspecified atom stereocenters. The van der Waals surface area contributed by atoms with E-state index in [0.29, 0.717) is 0 Å². The molecule has 0 radical (unpaired) electrons. The fourth-order valence-corrected chi connectivity index (χ4v) is 1.70. The highest BCUT2D eigenvalue weighted by Gasteiger charge is 2.44. The fraction of sp³-hybridized carbons (Fsp3) is 0.750. The lowest BCUT2D eigenvalue weighted by molar-refractivity contribution is -0.147. The summed E-state index contributed by atoms with van der Waals surface area (Å²) >= 11 is -0.510. The minimum atomic E-state index is -4.51. The Morgan fingerprint density at radius 3 is 2.53 bits per heavy atom. The summed E-state index contributed by atoms with van der Waals surface area (Å²) in [5, 5.41) is 11.0. The second-order valence-corrected chi connectivity index (χ2v) is 4.51. The van der Waals surface area contributed by atoms with E-state index in [1.165, 1.54) is 0 Å². The maximum atomic E-state index is 11.8. The zero-order chi connectivity index (χ0) is 13.1. The third-order valence-corrected chi connectivity index (χ3v) is 2.91. The molecule has 1 rings (SSSR count). The molecule has 5 nitrogen and oxygen atoms in total. The zero-order valence-corrected chi connectivity index (χ0v) is 9.36. The quantitative estimate of drug-likeness (QED) is 0.784. The van der Waals surface area contributed by atoms with E-state index in [1.54, 1.807) is 0 Å². The molecule has 0 aromatic carbocycles. The van der Waals surface area contributed by atoms with Crippen LogP contribution in [0, 0.1) is 0 Å². The first-order chi connectivity index (χ1) is 7.75. The van der Waals surface area contributed by atoms with Gasteiger partial charge in [-0.25, -0.2) is 4.79 Å². The summed E-state index contributed by atoms with van der Waals surface area (Å²) in [6, 6.07) is 0. The Morgan fingerprint density at radius 2 is 2.12 bits per heavy atom. The van der Waals surface area contributed by atoms with E-state index in [4.69, 9.17) is 9.84 Å². The molecule has 17 heavy (non-hydrogen) atoms. The van der Waals surface area contributed by atoms with Crippen molar-refractivity contribution in [1.82, 2.24) is 5.32 Å². The first-order valence-corrected chi connectivity index (χ1v) is 5.57. The predicted molar refractivity (Wildman–Crippen MR) is 52.5 cm³/mol. The van der Waals surface area contributed by atoms with Crippen molar-refractivity contribution in [2.45, 2.75) is 17.5 Å². The van der Waals surface area contributed by atoms with Gasteiger partial charge in [-0.1, -0.05) is 0 Å². The Bertz CT molecular complexity index is 314. The molecule has 9 heteroatoms. The van der Waals surface area contributed by atoms with Gasteiger partial charge in [0, 0.05) is 13.0 Å². The molecule has 1 saturated heterocycles. The Morgan fingerprint density at radius 1 is 1.47 bits per heavy atom. The van der Waals surface area contributed by atoms with Crippen molar-refractivity contribution in [2.24, 2.45) is 0 Å². The van der Waals surface area contributed by atoms with Gasteiger partial charge in [-0.15, -0.1) is 0 Å². The van der Waals surface area contributed by atoms with Crippen LogP contribution in [0.15, 0.2) is 0 Å². The third-order valence-electron chi connectivity index (χ3n) is 2.18. The molecule has 1 heterocycles. The van der Waals surface area contributed by atoms with Crippen LogP contribution >= 0.6 is 11.8 Å². The lowest BCUT2D eigenvalue weighted by Gasteiger charge is -2.23. The summed E-state index contributed by atoms with van der Waals surface area (Å²) in [7, 11) is 0. The van der Waals surface area contributed by atoms with E-state index in [9.17, 15) is 22.8 Å². The summed E-state index contributed by atoms with van der Waals surface area (Å²) in [6.45, 7) is -0.0796. The highest BCUT2D eigenvalue weighted by molar-refractivity contribution is 8.00. The highest BCUT2D eigenvalue weighted by atomic mass is 32.2. The third kappa shape index (κ3) is 4.08. The maximum absolute atomic E-state index is 11.8. The van der Waals surface area contributed by atoms with E-state index in [2.05, 4.69) is 5.32 Å². The molecule has 0 bridgehead atoms. The summed E-state index contributed by atoms with van der Waals surface area (Å²) in [5.41, 5.74) is -6.11. The molecular weight excluding hydrogens is 263 g/mol. The summed E-state index contributed by atoms with van der Waals surface area (Å²) in [4.78, 5) is 22.1. The molecule has 0 aliphatic carbocycles. The smallest absolute Gasteiger partial charge is 0.442 e. The number of ether oxygens (including phenoxy) is 1. The maximum Gasteiger partial charge on any atom is 0.442 e. The SMILES string of the molecule is O=C(CSC(F)(F)F)NC1(C(=O)O)CCOC1. The van der Waals surface area contributed by atoms with E-state index in [-0.39, 0.29) is 19.6 Å². The molecule has 1 fully saturated rings. The van der Waals surface area contributed by atoms with Crippen molar-refractivity contribution < 1.29 is 32.6 Å². The number of carbonyl (C=O) groups is 2. The minimum Gasteiger partial charge on any atom is -0.479 e. The van der Waals surface area contributed by atoms with Gasteiger partial charge in [0.1, 0.15) is 0 Å². The van der Waals surface area contributed by atoms with Crippen LogP contribution in [-0.4, -0.2) is 47.0 Å². The molecular formula is C8H10F3NO4S. The number of hydrogen-bond acceptors (Lipinski definition) is 4. The van der Waals surface area contributed by atoms with Gasteiger partial charge in [0.25, 0.3) is 0 Å². The monoisotopic (exact) mass is 273 g/mol. The van der Waals surface area contributed by atoms with Crippen LogP contribution < -0.4 is 5.32 Å². The lowest BCUT2D eigenvalue weighted by Crippen LogP contribution is -2.55. The van der Waals surface area contributed by atoms with Gasteiger partial charge >= 0.3 is 11.5 Å². The highest BCUT2D eigenvalue weighted by Crippen LogP contribution is 2.30. The molecule has 0 aromatic heterocycles. The zero-order valence-electron chi connectivity index (χ0n) is 8.54. The van der Waals surface area contributed by atoms with Crippen molar-refractivity contribution in [2.75, 3.05) is 19.0 Å². The second kappa shape index (κ2) is 5.13. The number of aliphatic carboxylic acids is 1. The molecule has 1 amide bonds. The average molecular weight is 273 g/mol. The molecule has 1 atom stereocenters. The van der Waals surface area contributed by atoms with Gasteiger partial charge in [0.15, 0.2) is 5.54 Å². The molecule has 1 aliphatic rings. The molecule has 0 saturated carbocycles. The normalized spacial score (nSPS) is 24.6. The Kier molecular flexibility index (Phi) is 4.26. The van der Waals surface area contributed by atoms with Crippen LogP contribution in [0.5, 0.6) is 0 Å². The number of halogens is 3. The number of carboxylic acids is 1. The van der Waals surface area contributed by atoms with Crippen molar-refractivity contribution in [3.63, 3.8) is 0 Å². The van der Waals surface area contributed by atoms with E-state index >= 15 is 0 Å². The van der Waals surface area contributed by atoms with Crippen LogP contribution in [0.4, 0.5) is 13.2 Å². The molecule has 2 N–H and O–H groups in total. The lowest BCUT2D eigenvalue weighted by atomic mass is 9.99. The Hall–Kier alpha value is -0.960. The first-order valence-electron chi connectivity index (χ1n) is 4.58. The van der Waals surface area contributed by atoms with Gasteiger partial charge in [-0.05, 0) is 11.8 Å². The van der Waals surface area contributed by atoms with Gasteiger partial charge in [0.2, 0.25) is 5.91 Å². The number of rotatable bonds is 4. The van der Waals surface area contributed by atoms with Gasteiger partial charge < -0.3 is 15.2 Å². The topological polar surface area (TPSA) is 75.6 Å². The summed E-state index contributed by atoms with van der Waals surface area (Å²) in [5.74, 6) is -3.14. The van der Waals surface area contributed by atoms with Crippen LogP contribution in [0.25, 0.3) is 0 Å². The van der Waals surface area contributed by atoms with Gasteiger partial charge in [-0.3, -0.25) is 4.79 Å². The van der Waals surface area contributed by atoms with Crippen molar-refractivity contribution in [3.8, 4) is 0 Å². The summed E-state index contributed by atoms with van der Waals surface area (Å²) < 4.78 is 40.3. The number of carboxylic acid groups (broad SMARTS) is 1. The number of alkyl halides is 3. The largest absolute Gasteiger partial charge is 0.479 e. The van der Waals surface area contributed by atoms with Crippen LogP contribution in [-0.2, 0) is 14.3 Å². The Labute approximate surface area is 98.7 Å². The van der Waals surface area contributed by atoms with Crippen molar-refractivity contribution >= 4 is 23.6 Å². The fourth-order valence-electron chi connectivity index (χ4n) is 1.34. The van der Waals surface area contributed by atoms with E-state index in [0.717, 1.165) is 0 Å². The second-order valence-electron chi connectivity index (χ2n) is 3.47. The van der Waals surface area contributed by atoms with Gasteiger partial charge in [0.05, 0.1) is 12.4 Å². The standard InChI is InChI=1S/C8H10F3NO4S/c9-8(10,11)17-3-5(13)12-7(6(14)15)1-2-16-4-7/h1-4H2,(H,12,13)(H,14,15). The Balaban J connectivity index is 2.51. The molecule has 0 aromatic rings. The average Bonchev–Trinajstić information content (AvgIpc) is 2.63.